The van der Waals surface area contributed by atoms with E-state index in [9.17, 15) is 9.90 Å². The van der Waals surface area contributed by atoms with Crippen molar-refractivity contribution in [3.8, 4) is 0 Å². The Morgan fingerprint density at radius 1 is 1.62 bits per heavy atom. The van der Waals surface area contributed by atoms with Gasteiger partial charge in [0.05, 0.1) is 0 Å². The van der Waals surface area contributed by atoms with Crippen LogP contribution in [0.15, 0.2) is 11.1 Å². The molecule has 3 nitrogen and oxygen atoms in total. The van der Waals surface area contributed by atoms with Crippen LogP contribution in [0.5, 0.6) is 0 Å². The molecule has 0 radical (unpaired) electrons. The first-order valence-electron chi connectivity index (χ1n) is 5.73. The fourth-order valence-corrected chi connectivity index (χ4v) is 4.94. The standard InChI is InChI=1S/C12H19NO2S/c1-4-6-5-16-9-8(7(6)11(14)15)12(2,3)10(9)13/h8-10H,4-5,13H2,1-3H3,(H,14,15). The van der Waals surface area contributed by atoms with E-state index in [0.717, 1.165) is 17.7 Å². The Kier molecular flexibility index (Phi) is 2.83. The van der Waals surface area contributed by atoms with E-state index in [2.05, 4.69) is 13.8 Å². The number of hydrogen-bond acceptors (Lipinski definition) is 3. The highest BCUT2D eigenvalue weighted by molar-refractivity contribution is 8.00. The van der Waals surface area contributed by atoms with Crippen molar-refractivity contribution in [3.05, 3.63) is 11.1 Å². The van der Waals surface area contributed by atoms with Crippen LogP contribution in [0, 0.1) is 11.3 Å². The van der Waals surface area contributed by atoms with Gasteiger partial charge in [0.2, 0.25) is 0 Å². The molecule has 0 saturated heterocycles. The molecule has 3 atom stereocenters. The van der Waals surface area contributed by atoms with Crippen LogP contribution in [-0.4, -0.2) is 28.1 Å². The fraction of sp³-hybridized carbons (Fsp3) is 0.750. The summed E-state index contributed by atoms with van der Waals surface area (Å²) in [7, 11) is 0. The topological polar surface area (TPSA) is 63.3 Å². The monoisotopic (exact) mass is 241 g/mol. The second-order valence-electron chi connectivity index (χ2n) is 5.28. The van der Waals surface area contributed by atoms with Gasteiger partial charge in [-0.05, 0) is 17.4 Å². The lowest BCUT2D eigenvalue weighted by Gasteiger charge is -2.59. The molecule has 0 amide bonds. The average Bonchev–Trinajstić information content (AvgIpc) is 2.26. The predicted molar refractivity (Wildman–Crippen MR) is 66.4 cm³/mol. The average molecular weight is 241 g/mol. The molecule has 90 valence electrons. The van der Waals surface area contributed by atoms with Crippen molar-refractivity contribution < 1.29 is 9.90 Å². The van der Waals surface area contributed by atoms with Crippen LogP contribution in [0.3, 0.4) is 0 Å². The molecule has 3 unspecified atom stereocenters. The van der Waals surface area contributed by atoms with Crippen molar-refractivity contribution in [3.63, 3.8) is 0 Å². The molecule has 16 heavy (non-hydrogen) atoms. The van der Waals surface area contributed by atoms with Crippen LogP contribution >= 0.6 is 11.8 Å². The van der Waals surface area contributed by atoms with E-state index in [1.807, 2.05) is 18.7 Å². The number of aliphatic carboxylic acids is 1. The van der Waals surface area contributed by atoms with Gasteiger partial charge in [-0.1, -0.05) is 20.8 Å². The van der Waals surface area contributed by atoms with Gasteiger partial charge in [0.15, 0.2) is 0 Å². The third-order valence-electron chi connectivity index (χ3n) is 4.14. The van der Waals surface area contributed by atoms with Crippen LogP contribution < -0.4 is 5.73 Å². The van der Waals surface area contributed by atoms with Gasteiger partial charge in [-0.25, -0.2) is 4.79 Å². The van der Waals surface area contributed by atoms with Gasteiger partial charge in [0.1, 0.15) is 0 Å². The quantitative estimate of drug-likeness (QED) is 0.775. The molecule has 0 spiro atoms. The number of carboxylic acid groups (broad SMARTS) is 1. The summed E-state index contributed by atoms with van der Waals surface area (Å²) < 4.78 is 0. The van der Waals surface area contributed by atoms with Gasteiger partial charge in [-0.15, -0.1) is 0 Å². The Morgan fingerprint density at radius 3 is 2.75 bits per heavy atom. The molecule has 0 bridgehead atoms. The third kappa shape index (κ3) is 1.43. The van der Waals surface area contributed by atoms with Crippen molar-refractivity contribution in [2.45, 2.75) is 38.5 Å². The highest BCUT2D eigenvalue weighted by atomic mass is 32.2. The Bertz CT molecular complexity index is 362. The third-order valence-corrected chi connectivity index (χ3v) is 5.61. The molecule has 4 heteroatoms. The predicted octanol–water partition coefficient (Wildman–Crippen LogP) is 1.88. The normalized spacial score (nSPS) is 36.6. The Labute approximate surface area is 100 Å². The maximum absolute atomic E-state index is 11.4. The van der Waals surface area contributed by atoms with Crippen molar-refractivity contribution in [2.24, 2.45) is 17.1 Å². The van der Waals surface area contributed by atoms with Gasteiger partial charge in [-0.3, -0.25) is 0 Å². The first kappa shape index (κ1) is 12.0. The van der Waals surface area contributed by atoms with E-state index in [1.165, 1.54) is 0 Å². The van der Waals surface area contributed by atoms with Gasteiger partial charge >= 0.3 is 5.97 Å². The minimum atomic E-state index is -0.743. The number of rotatable bonds is 2. The molecule has 1 fully saturated rings. The van der Waals surface area contributed by atoms with Gasteiger partial charge in [-0.2, -0.15) is 11.8 Å². The summed E-state index contributed by atoms with van der Waals surface area (Å²) in [6.07, 6.45) is 0.836. The highest BCUT2D eigenvalue weighted by Crippen LogP contribution is 2.57. The molecule has 0 aromatic heterocycles. The molecule has 2 rings (SSSR count). The fourth-order valence-electron chi connectivity index (χ4n) is 2.95. The number of thioether (sulfide) groups is 1. The number of carbonyl (C=O) groups is 1. The number of hydrogen-bond donors (Lipinski definition) is 2. The van der Waals surface area contributed by atoms with E-state index in [0.29, 0.717) is 10.8 Å². The second-order valence-corrected chi connectivity index (χ2v) is 6.44. The first-order valence-corrected chi connectivity index (χ1v) is 6.78. The number of nitrogens with two attached hydrogens (primary N) is 1. The van der Waals surface area contributed by atoms with Gasteiger partial charge in [0.25, 0.3) is 0 Å². The molecule has 0 aromatic carbocycles. The zero-order chi connectivity index (χ0) is 12.1. The molecule has 1 saturated carbocycles. The number of fused-ring (bicyclic) bond motifs is 1. The summed E-state index contributed by atoms with van der Waals surface area (Å²) in [6, 6.07) is 0.121. The van der Waals surface area contributed by atoms with Gasteiger partial charge < -0.3 is 10.8 Å². The molecular formula is C12H19NO2S. The van der Waals surface area contributed by atoms with Crippen LogP contribution in [-0.2, 0) is 4.79 Å². The minimum Gasteiger partial charge on any atom is -0.478 e. The zero-order valence-corrected chi connectivity index (χ0v) is 10.8. The molecule has 1 aliphatic heterocycles. The minimum absolute atomic E-state index is 0.0772. The lowest BCUT2D eigenvalue weighted by atomic mass is 9.55. The smallest absolute Gasteiger partial charge is 0.331 e. The van der Waals surface area contributed by atoms with E-state index in [4.69, 9.17) is 5.73 Å². The van der Waals surface area contributed by atoms with Crippen molar-refractivity contribution in [1.29, 1.82) is 0 Å². The summed E-state index contributed by atoms with van der Waals surface area (Å²) in [5, 5.41) is 9.67. The largest absolute Gasteiger partial charge is 0.478 e. The Hall–Kier alpha value is -0.480. The van der Waals surface area contributed by atoms with E-state index in [1.54, 1.807) is 0 Å². The molecule has 1 aliphatic carbocycles. The molecule has 0 aromatic rings. The van der Waals surface area contributed by atoms with E-state index in [-0.39, 0.29) is 17.4 Å². The summed E-state index contributed by atoms with van der Waals surface area (Å²) in [6.45, 7) is 6.20. The van der Waals surface area contributed by atoms with Crippen LogP contribution in [0.1, 0.15) is 27.2 Å². The lowest BCUT2D eigenvalue weighted by molar-refractivity contribution is -0.134. The highest BCUT2D eigenvalue weighted by Gasteiger charge is 2.59. The zero-order valence-electron chi connectivity index (χ0n) is 9.99. The van der Waals surface area contributed by atoms with Crippen LogP contribution in [0.4, 0.5) is 0 Å². The first-order chi connectivity index (χ1) is 7.41. The number of carboxylic acids is 1. The second kappa shape index (κ2) is 3.77. The van der Waals surface area contributed by atoms with E-state index >= 15 is 0 Å². The summed E-state index contributed by atoms with van der Waals surface area (Å²) >= 11 is 1.83. The van der Waals surface area contributed by atoms with Crippen molar-refractivity contribution in [2.75, 3.05) is 5.75 Å². The van der Waals surface area contributed by atoms with Crippen LogP contribution in [0.2, 0.25) is 0 Å². The maximum atomic E-state index is 11.4. The van der Waals surface area contributed by atoms with E-state index < -0.39 is 5.97 Å². The van der Waals surface area contributed by atoms with Gasteiger partial charge in [0, 0.05) is 28.5 Å². The molecule has 2 aliphatic rings. The summed E-state index contributed by atoms with van der Waals surface area (Å²) in [5.74, 6) is 0.226. The Balaban J connectivity index is 2.41. The Morgan fingerprint density at radius 2 is 2.25 bits per heavy atom. The molecular weight excluding hydrogens is 222 g/mol. The van der Waals surface area contributed by atoms with Crippen LogP contribution in [0.25, 0.3) is 0 Å². The van der Waals surface area contributed by atoms with Crippen molar-refractivity contribution >= 4 is 17.7 Å². The van der Waals surface area contributed by atoms with Crippen molar-refractivity contribution in [1.82, 2.24) is 0 Å². The molecule has 1 heterocycles. The summed E-state index contributed by atoms with van der Waals surface area (Å²) in [5.41, 5.74) is 7.79. The SMILES string of the molecule is CCC1=C(C(=O)O)C2C(SC1)C(N)C2(C)C. The molecule has 3 N–H and O–H groups in total. The maximum Gasteiger partial charge on any atom is 0.331 e. The lowest BCUT2D eigenvalue weighted by Crippen LogP contribution is -2.66. The summed E-state index contributed by atoms with van der Waals surface area (Å²) in [4.78, 5) is 11.4.